The largest absolute Gasteiger partial charge is 0.463 e. The predicted molar refractivity (Wildman–Crippen MR) is 65.8 cm³/mol. The quantitative estimate of drug-likeness (QED) is 0.555. The first-order valence-electron chi connectivity index (χ1n) is 5.75. The van der Waals surface area contributed by atoms with E-state index in [9.17, 15) is 31.5 Å². The van der Waals surface area contributed by atoms with E-state index in [2.05, 4.69) is 15.9 Å². The molecule has 0 aliphatic heterocycles. The Labute approximate surface area is 121 Å². The minimum absolute atomic E-state index is 0.0306. The molecule has 9 heteroatoms. The van der Waals surface area contributed by atoms with Crippen molar-refractivity contribution in [1.29, 1.82) is 0 Å². The molecule has 0 fully saturated rings. The molecule has 3 nitrogen and oxygen atoms in total. The van der Waals surface area contributed by atoms with Gasteiger partial charge in [-0.15, -0.1) is 0 Å². The van der Waals surface area contributed by atoms with Crippen molar-refractivity contribution in [3.63, 3.8) is 0 Å². The zero-order valence-corrected chi connectivity index (χ0v) is 12.4. The normalized spacial score (nSPS) is 14.2. The highest BCUT2D eigenvalue weighted by molar-refractivity contribution is 9.09. The Morgan fingerprint density at radius 2 is 1.65 bits per heavy atom. The van der Waals surface area contributed by atoms with Gasteiger partial charge in [0.2, 0.25) is 0 Å². The molecule has 0 aromatic heterocycles. The van der Waals surface area contributed by atoms with Gasteiger partial charge in [0.15, 0.2) is 0 Å². The molecule has 118 valence electrons. The fourth-order valence-corrected chi connectivity index (χ4v) is 1.92. The van der Waals surface area contributed by atoms with Gasteiger partial charge < -0.3 is 5.32 Å². The summed E-state index contributed by atoms with van der Waals surface area (Å²) in [6.45, 7) is 2.98. The van der Waals surface area contributed by atoms with Gasteiger partial charge in [0.1, 0.15) is 5.78 Å². The molecule has 1 unspecified atom stereocenters. The van der Waals surface area contributed by atoms with Gasteiger partial charge in [-0.2, -0.15) is 22.0 Å². The monoisotopic (exact) mass is 367 g/mol. The maximum atomic E-state index is 12.7. The van der Waals surface area contributed by atoms with Crippen LogP contribution in [0.25, 0.3) is 0 Å². The van der Waals surface area contributed by atoms with Gasteiger partial charge in [0.05, 0.1) is 5.33 Å². The first kappa shape index (κ1) is 19.3. The number of ketones is 1. The zero-order valence-electron chi connectivity index (χ0n) is 10.9. The molecule has 1 atom stereocenters. The Kier molecular flexibility index (Phi) is 7.06. The Hall–Kier alpha value is -0.730. The van der Waals surface area contributed by atoms with Crippen LogP contribution in [-0.2, 0) is 9.59 Å². The highest BCUT2D eigenvalue weighted by atomic mass is 79.9. The number of rotatable bonds is 7. The van der Waals surface area contributed by atoms with Crippen molar-refractivity contribution in [1.82, 2.24) is 5.32 Å². The van der Waals surface area contributed by atoms with Crippen LogP contribution in [0.1, 0.15) is 20.3 Å². The number of halogens is 6. The molecular weight excluding hydrogens is 353 g/mol. The third kappa shape index (κ3) is 5.34. The maximum absolute atomic E-state index is 12.7. The van der Waals surface area contributed by atoms with Gasteiger partial charge in [0.25, 0.3) is 5.91 Å². The summed E-state index contributed by atoms with van der Waals surface area (Å²) in [5.41, 5.74) is 0. The van der Waals surface area contributed by atoms with Crippen LogP contribution in [0.2, 0.25) is 0 Å². The molecule has 0 rings (SSSR count). The Bertz CT molecular complexity index is 357. The van der Waals surface area contributed by atoms with E-state index in [0.29, 0.717) is 0 Å². The van der Waals surface area contributed by atoms with E-state index in [1.165, 1.54) is 5.32 Å². The summed E-state index contributed by atoms with van der Waals surface area (Å²) in [6.07, 6.45) is -5.67. The van der Waals surface area contributed by atoms with Gasteiger partial charge in [-0.05, 0) is 12.3 Å². The number of nitrogens with one attached hydrogen (secondary N) is 1. The molecule has 1 N–H and O–H groups in total. The summed E-state index contributed by atoms with van der Waals surface area (Å²) in [5.74, 6) is -9.05. The van der Waals surface area contributed by atoms with Crippen molar-refractivity contribution >= 4 is 27.6 Å². The van der Waals surface area contributed by atoms with Crippen molar-refractivity contribution in [2.24, 2.45) is 11.8 Å². The SMILES string of the molecule is CC(C)CC(CNC(=O)C(F)(F)C(F)(F)F)C(=O)CBr. The van der Waals surface area contributed by atoms with Crippen molar-refractivity contribution in [2.45, 2.75) is 32.4 Å². The first-order chi connectivity index (χ1) is 8.93. The molecule has 0 saturated carbocycles. The first-order valence-corrected chi connectivity index (χ1v) is 6.87. The number of amides is 1. The van der Waals surface area contributed by atoms with Gasteiger partial charge in [-0.3, -0.25) is 9.59 Å². The average Bonchev–Trinajstić information content (AvgIpc) is 2.30. The van der Waals surface area contributed by atoms with E-state index in [4.69, 9.17) is 0 Å². The minimum atomic E-state index is -5.95. The second-order valence-electron chi connectivity index (χ2n) is 4.71. The van der Waals surface area contributed by atoms with E-state index in [1.807, 2.05) is 0 Å². The number of hydrogen-bond donors (Lipinski definition) is 1. The summed E-state index contributed by atoms with van der Waals surface area (Å²) in [5, 5.41) is 1.44. The van der Waals surface area contributed by atoms with Gasteiger partial charge in [-0.1, -0.05) is 29.8 Å². The van der Waals surface area contributed by atoms with Crippen molar-refractivity contribution in [3.05, 3.63) is 0 Å². The summed E-state index contributed by atoms with van der Waals surface area (Å²) in [7, 11) is 0. The summed E-state index contributed by atoms with van der Waals surface area (Å²) in [4.78, 5) is 22.4. The molecule has 0 spiro atoms. The van der Waals surface area contributed by atoms with Crippen LogP contribution in [0, 0.1) is 11.8 Å². The molecule has 0 heterocycles. The zero-order chi connectivity index (χ0) is 16.1. The molecule has 0 aromatic rings. The summed E-state index contributed by atoms with van der Waals surface area (Å²) in [6, 6.07) is 0. The molecule has 0 aliphatic carbocycles. The molecule has 0 bridgehead atoms. The molecule has 0 aromatic carbocycles. The Balaban J connectivity index is 4.71. The van der Waals surface area contributed by atoms with E-state index in [0.717, 1.165) is 0 Å². The molecule has 0 radical (unpaired) electrons. The van der Waals surface area contributed by atoms with Crippen molar-refractivity contribution in [2.75, 3.05) is 11.9 Å². The lowest BCUT2D eigenvalue weighted by Crippen LogP contribution is -2.51. The third-order valence-corrected chi connectivity index (χ3v) is 3.05. The van der Waals surface area contributed by atoms with Crippen molar-refractivity contribution in [3.8, 4) is 0 Å². The fourth-order valence-electron chi connectivity index (χ4n) is 1.46. The lowest BCUT2D eigenvalue weighted by atomic mass is 9.94. The summed E-state index contributed by atoms with van der Waals surface area (Å²) >= 11 is 2.89. The minimum Gasteiger partial charge on any atom is -0.350 e. The number of hydrogen-bond acceptors (Lipinski definition) is 2. The van der Waals surface area contributed by atoms with E-state index >= 15 is 0 Å². The standard InChI is InChI=1S/C11H15BrF5NO2/c1-6(2)3-7(8(19)4-12)5-18-9(20)10(13,14)11(15,16)17/h6-7H,3-5H2,1-2H3,(H,18,20). The van der Waals surface area contributed by atoms with Crippen LogP contribution in [-0.4, -0.2) is 35.7 Å². The highest BCUT2D eigenvalue weighted by Crippen LogP contribution is 2.35. The van der Waals surface area contributed by atoms with Crippen LogP contribution in [0.15, 0.2) is 0 Å². The number of alkyl halides is 6. The van der Waals surface area contributed by atoms with E-state index < -0.39 is 30.5 Å². The third-order valence-electron chi connectivity index (χ3n) is 2.49. The molecule has 0 saturated heterocycles. The van der Waals surface area contributed by atoms with Crippen LogP contribution in [0.5, 0.6) is 0 Å². The maximum Gasteiger partial charge on any atom is 0.463 e. The van der Waals surface area contributed by atoms with Crippen LogP contribution in [0.4, 0.5) is 22.0 Å². The van der Waals surface area contributed by atoms with Crippen LogP contribution < -0.4 is 5.32 Å². The summed E-state index contributed by atoms with van der Waals surface area (Å²) < 4.78 is 61.3. The predicted octanol–water partition coefficient (Wildman–Crippen LogP) is 2.93. The van der Waals surface area contributed by atoms with Crippen LogP contribution >= 0.6 is 15.9 Å². The Morgan fingerprint density at radius 1 is 1.15 bits per heavy atom. The molecular formula is C11H15BrF5NO2. The van der Waals surface area contributed by atoms with Gasteiger partial charge in [-0.25, -0.2) is 0 Å². The van der Waals surface area contributed by atoms with Crippen molar-refractivity contribution < 1.29 is 31.5 Å². The Morgan fingerprint density at radius 3 is 2.00 bits per heavy atom. The van der Waals surface area contributed by atoms with Gasteiger partial charge in [0, 0.05) is 12.5 Å². The smallest absolute Gasteiger partial charge is 0.350 e. The average molecular weight is 368 g/mol. The molecule has 0 aliphatic rings. The number of carbonyl (C=O) groups excluding carboxylic acids is 2. The highest BCUT2D eigenvalue weighted by Gasteiger charge is 2.63. The second-order valence-corrected chi connectivity index (χ2v) is 5.27. The van der Waals surface area contributed by atoms with E-state index in [-0.39, 0.29) is 23.5 Å². The molecule has 1 amide bonds. The van der Waals surface area contributed by atoms with Gasteiger partial charge >= 0.3 is 12.1 Å². The second kappa shape index (κ2) is 7.33. The lowest BCUT2D eigenvalue weighted by molar-refractivity contribution is -0.269. The molecule has 20 heavy (non-hydrogen) atoms. The van der Waals surface area contributed by atoms with E-state index in [1.54, 1.807) is 13.8 Å². The lowest BCUT2D eigenvalue weighted by Gasteiger charge is -2.21. The fraction of sp³-hybridized carbons (Fsp3) is 0.818. The number of carbonyl (C=O) groups is 2. The number of Topliss-reactive ketones (excluding diaryl/α,β-unsaturated/α-hetero) is 1. The van der Waals surface area contributed by atoms with Crippen LogP contribution in [0.3, 0.4) is 0 Å². The topological polar surface area (TPSA) is 46.2 Å².